The van der Waals surface area contributed by atoms with E-state index in [0.717, 1.165) is 43.5 Å². The van der Waals surface area contributed by atoms with E-state index in [2.05, 4.69) is 48.9 Å². The molecule has 164 valence electrons. The Balaban J connectivity index is 1.42. The van der Waals surface area contributed by atoms with Crippen LogP contribution in [0.3, 0.4) is 0 Å². The number of aromatic nitrogens is 1. The maximum absolute atomic E-state index is 13.1. The lowest BCUT2D eigenvalue weighted by Crippen LogP contribution is -2.52. The van der Waals surface area contributed by atoms with Gasteiger partial charge < -0.3 is 14.6 Å². The molecule has 0 aliphatic carbocycles. The minimum absolute atomic E-state index is 0.0987. The van der Waals surface area contributed by atoms with Gasteiger partial charge in [0, 0.05) is 31.7 Å². The van der Waals surface area contributed by atoms with Crippen molar-refractivity contribution in [3.8, 4) is 0 Å². The monoisotopic (exact) mass is 412 g/mol. The van der Waals surface area contributed by atoms with E-state index < -0.39 is 0 Å². The van der Waals surface area contributed by atoms with Gasteiger partial charge in [-0.3, -0.25) is 9.69 Å². The first kappa shape index (κ1) is 21.2. The molecule has 2 saturated heterocycles. The summed E-state index contributed by atoms with van der Waals surface area (Å²) >= 11 is 0. The molecule has 1 aromatic carbocycles. The number of carbonyl (C=O) groups is 1. The van der Waals surface area contributed by atoms with Crippen molar-refractivity contribution in [1.82, 2.24) is 15.2 Å². The van der Waals surface area contributed by atoms with Crippen LogP contribution in [0.2, 0.25) is 0 Å². The quantitative estimate of drug-likeness (QED) is 0.798. The van der Waals surface area contributed by atoms with Crippen LogP contribution < -0.4 is 10.2 Å². The predicted octanol–water partition coefficient (Wildman–Crippen LogP) is 4.18. The number of fused-ring (bicyclic) bond motifs is 1. The Labute approximate surface area is 180 Å². The molecular formula is C24H36N4O2. The van der Waals surface area contributed by atoms with E-state index >= 15 is 0 Å². The molecule has 2 aromatic rings. The van der Waals surface area contributed by atoms with E-state index in [1.165, 1.54) is 30.4 Å². The molecule has 2 aliphatic heterocycles. The zero-order chi connectivity index (χ0) is 21.3. The number of piperidine rings is 2. The van der Waals surface area contributed by atoms with Gasteiger partial charge in [-0.15, -0.1) is 0 Å². The average Bonchev–Trinajstić information content (AvgIpc) is 3.13. The zero-order valence-electron chi connectivity index (χ0n) is 18.9. The second kappa shape index (κ2) is 8.96. The summed E-state index contributed by atoms with van der Waals surface area (Å²) in [5.41, 5.74) is 4.06. The minimum atomic E-state index is -0.204. The van der Waals surface area contributed by atoms with Gasteiger partial charge in [-0.05, 0) is 83.1 Å². The normalized spacial score (nSPS) is 25.6. The van der Waals surface area contributed by atoms with Crippen molar-refractivity contribution < 1.29 is 9.21 Å². The van der Waals surface area contributed by atoms with Gasteiger partial charge in [0.15, 0.2) is 5.58 Å². The topological polar surface area (TPSA) is 61.6 Å². The Kier molecular flexibility index (Phi) is 6.32. The molecular weight excluding hydrogens is 376 g/mol. The zero-order valence-corrected chi connectivity index (χ0v) is 18.9. The smallest absolute Gasteiger partial charge is 0.299 e. The molecule has 1 N–H and O–H groups in total. The third-order valence-corrected chi connectivity index (χ3v) is 7.09. The maximum Gasteiger partial charge on any atom is 0.299 e. The van der Waals surface area contributed by atoms with E-state index in [9.17, 15) is 4.79 Å². The van der Waals surface area contributed by atoms with Crippen LogP contribution in [0.15, 0.2) is 16.5 Å². The largest absolute Gasteiger partial charge is 0.423 e. The molecule has 3 atom stereocenters. The molecule has 6 nitrogen and oxygen atoms in total. The molecule has 0 bridgehead atoms. The second-order valence-electron chi connectivity index (χ2n) is 9.26. The summed E-state index contributed by atoms with van der Waals surface area (Å²) in [6.07, 6.45) is 6.79. The number of hydrogen-bond donors (Lipinski definition) is 1. The number of rotatable bonds is 5. The number of benzene rings is 1. The van der Waals surface area contributed by atoms with Crippen molar-refractivity contribution in [1.29, 1.82) is 0 Å². The van der Waals surface area contributed by atoms with Crippen LogP contribution in [0.4, 0.5) is 6.01 Å². The van der Waals surface area contributed by atoms with Crippen LogP contribution in [0, 0.1) is 13.8 Å². The standard InChI is InChI=1S/C24H36N4O2/c1-16-14-20-22(15-17(16)2)30-24(26-20)28-12-6-5-10-21(28)23(29)25-11-13-27-18(3)8-7-9-19(27)4/h14-15,18-19,21H,5-13H2,1-4H3,(H,25,29)/t18-,19+,21-/m0/s1. The number of hydrogen-bond acceptors (Lipinski definition) is 5. The first-order valence-electron chi connectivity index (χ1n) is 11.6. The summed E-state index contributed by atoms with van der Waals surface area (Å²) in [4.78, 5) is 22.4. The van der Waals surface area contributed by atoms with Gasteiger partial charge in [-0.25, -0.2) is 0 Å². The number of anilines is 1. The first-order chi connectivity index (χ1) is 14.4. The molecule has 1 amide bonds. The fourth-order valence-corrected chi connectivity index (χ4v) is 5.07. The van der Waals surface area contributed by atoms with Crippen molar-refractivity contribution in [3.05, 3.63) is 23.3 Å². The van der Waals surface area contributed by atoms with Crippen LogP contribution >= 0.6 is 0 Å². The SMILES string of the molecule is Cc1cc2nc(N3CCCC[C@H]3C(=O)NCCN3[C@H](C)CCC[C@@H]3C)oc2cc1C. The molecule has 0 saturated carbocycles. The van der Waals surface area contributed by atoms with Crippen molar-refractivity contribution in [3.63, 3.8) is 0 Å². The Bertz CT molecular complexity index is 844. The van der Waals surface area contributed by atoms with Crippen molar-refractivity contribution in [2.24, 2.45) is 0 Å². The fourth-order valence-electron chi connectivity index (χ4n) is 5.07. The van der Waals surface area contributed by atoms with E-state index in [-0.39, 0.29) is 11.9 Å². The van der Waals surface area contributed by atoms with E-state index in [4.69, 9.17) is 9.40 Å². The van der Waals surface area contributed by atoms with Gasteiger partial charge in [-0.2, -0.15) is 4.98 Å². The van der Waals surface area contributed by atoms with E-state index in [1.807, 2.05) is 6.07 Å². The lowest BCUT2D eigenvalue weighted by Gasteiger charge is -2.39. The van der Waals surface area contributed by atoms with Crippen molar-refractivity contribution >= 4 is 23.0 Å². The van der Waals surface area contributed by atoms with Gasteiger partial charge in [0.1, 0.15) is 11.6 Å². The highest BCUT2D eigenvalue weighted by atomic mass is 16.4. The summed E-state index contributed by atoms with van der Waals surface area (Å²) in [7, 11) is 0. The van der Waals surface area contributed by atoms with Gasteiger partial charge in [0.25, 0.3) is 6.01 Å². The minimum Gasteiger partial charge on any atom is -0.423 e. The molecule has 4 rings (SSSR count). The molecule has 0 unspecified atom stereocenters. The Morgan fingerprint density at radius 1 is 1.10 bits per heavy atom. The Hall–Kier alpha value is -2.08. The predicted molar refractivity (Wildman–Crippen MR) is 121 cm³/mol. The van der Waals surface area contributed by atoms with Crippen LogP contribution in [0.25, 0.3) is 11.1 Å². The Morgan fingerprint density at radius 2 is 1.83 bits per heavy atom. The van der Waals surface area contributed by atoms with Crippen LogP contribution in [0.5, 0.6) is 0 Å². The second-order valence-corrected chi connectivity index (χ2v) is 9.26. The number of nitrogens with one attached hydrogen (secondary N) is 1. The Morgan fingerprint density at radius 3 is 2.60 bits per heavy atom. The summed E-state index contributed by atoms with van der Waals surface area (Å²) in [5, 5.41) is 3.20. The first-order valence-corrected chi connectivity index (χ1v) is 11.6. The molecule has 2 aliphatic rings. The van der Waals surface area contributed by atoms with Crippen LogP contribution in [0.1, 0.15) is 63.5 Å². The van der Waals surface area contributed by atoms with Gasteiger partial charge in [0.05, 0.1) is 0 Å². The van der Waals surface area contributed by atoms with Gasteiger partial charge in [-0.1, -0.05) is 6.42 Å². The average molecular weight is 413 g/mol. The molecule has 2 fully saturated rings. The summed E-state index contributed by atoms with van der Waals surface area (Å²) in [6.45, 7) is 11.2. The number of likely N-dealkylation sites (tertiary alicyclic amines) is 1. The van der Waals surface area contributed by atoms with E-state index in [0.29, 0.717) is 24.6 Å². The summed E-state index contributed by atoms with van der Waals surface area (Å²) in [5.74, 6) is 0.0987. The molecule has 1 aromatic heterocycles. The molecule has 6 heteroatoms. The number of oxazole rings is 1. The van der Waals surface area contributed by atoms with Crippen LogP contribution in [-0.2, 0) is 4.79 Å². The lowest BCUT2D eigenvalue weighted by atomic mass is 9.97. The summed E-state index contributed by atoms with van der Waals surface area (Å²) < 4.78 is 6.08. The highest BCUT2D eigenvalue weighted by Gasteiger charge is 2.32. The van der Waals surface area contributed by atoms with Crippen molar-refractivity contribution in [2.45, 2.75) is 84.3 Å². The summed E-state index contributed by atoms with van der Waals surface area (Å²) in [6, 6.07) is 5.68. The third-order valence-electron chi connectivity index (χ3n) is 7.09. The molecule has 0 spiro atoms. The lowest BCUT2D eigenvalue weighted by molar-refractivity contribution is -0.123. The molecule has 3 heterocycles. The highest BCUT2D eigenvalue weighted by molar-refractivity contribution is 5.85. The number of aryl methyl sites for hydroxylation is 2. The van der Waals surface area contributed by atoms with E-state index in [1.54, 1.807) is 0 Å². The highest BCUT2D eigenvalue weighted by Crippen LogP contribution is 2.29. The van der Waals surface area contributed by atoms with Crippen molar-refractivity contribution in [2.75, 3.05) is 24.5 Å². The molecule has 30 heavy (non-hydrogen) atoms. The van der Waals surface area contributed by atoms with Gasteiger partial charge >= 0.3 is 0 Å². The molecule has 0 radical (unpaired) electrons. The number of nitrogens with zero attached hydrogens (tertiary/aromatic N) is 3. The maximum atomic E-state index is 13.1. The van der Waals surface area contributed by atoms with Gasteiger partial charge in [0.2, 0.25) is 5.91 Å². The number of carbonyl (C=O) groups excluding carboxylic acids is 1. The fraction of sp³-hybridized carbons (Fsp3) is 0.667. The van der Waals surface area contributed by atoms with Crippen LogP contribution in [-0.4, -0.2) is 53.6 Å². The third kappa shape index (κ3) is 4.34. The number of amides is 1.